The molecule has 0 saturated carbocycles. The van der Waals surface area contributed by atoms with Gasteiger partial charge in [-0.05, 0) is 54.6 Å². The van der Waals surface area contributed by atoms with Gasteiger partial charge in [-0.1, -0.05) is 34.1 Å². The summed E-state index contributed by atoms with van der Waals surface area (Å²) in [6, 6.07) is 18.6. The maximum absolute atomic E-state index is 13.1. The number of aromatic hydroxyl groups is 2. The molecule has 1 heterocycles. The molecule has 0 fully saturated rings. The molecular formula is C22H15BrN2O3. The van der Waals surface area contributed by atoms with Crippen molar-refractivity contribution in [2.75, 3.05) is 0 Å². The number of nitrogens with zero attached hydrogens (tertiary/aromatic N) is 2. The minimum absolute atomic E-state index is 0.0529. The summed E-state index contributed by atoms with van der Waals surface area (Å²) in [5.74, 6) is 0.553. The standard InChI is InChI=1S/C22H15BrN2O3/c23-15-9-10-20(27)14(12-15)8-11-21-24-19-7-2-1-6-18(19)22(28)25(21)16-4-3-5-17(26)13-16/h1-13,26-27H/b11-8+. The summed E-state index contributed by atoms with van der Waals surface area (Å²) >= 11 is 3.38. The van der Waals surface area contributed by atoms with E-state index < -0.39 is 0 Å². The Morgan fingerprint density at radius 3 is 2.57 bits per heavy atom. The molecule has 0 amide bonds. The van der Waals surface area contributed by atoms with Crippen LogP contribution in [-0.2, 0) is 0 Å². The van der Waals surface area contributed by atoms with Crippen molar-refractivity contribution in [2.45, 2.75) is 0 Å². The van der Waals surface area contributed by atoms with E-state index in [1.807, 2.05) is 6.07 Å². The van der Waals surface area contributed by atoms with Crippen LogP contribution in [0.25, 0.3) is 28.7 Å². The number of phenolic OH excluding ortho intramolecular Hbond substituents is 2. The molecule has 0 aliphatic heterocycles. The third kappa shape index (κ3) is 3.42. The van der Waals surface area contributed by atoms with E-state index in [4.69, 9.17) is 0 Å². The van der Waals surface area contributed by atoms with Crippen molar-refractivity contribution >= 4 is 39.0 Å². The highest BCUT2D eigenvalue weighted by molar-refractivity contribution is 9.10. The van der Waals surface area contributed by atoms with Gasteiger partial charge in [0.15, 0.2) is 0 Å². The van der Waals surface area contributed by atoms with Crippen molar-refractivity contribution in [1.82, 2.24) is 9.55 Å². The first-order valence-electron chi connectivity index (χ1n) is 8.51. The van der Waals surface area contributed by atoms with Crippen LogP contribution < -0.4 is 5.56 Å². The van der Waals surface area contributed by atoms with Gasteiger partial charge in [0.2, 0.25) is 0 Å². The second kappa shape index (κ2) is 7.32. The van der Waals surface area contributed by atoms with Gasteiger partial charge in [0.25, 0.3) is 5.56 Å². The molecule has 0 bridgehead atoms. The van der Waals surface area contributed by atoms with Gasteiger partial charge in [0, 0.05) is 16.1 Å². The smallest absolute Gasteiger partial charge is 0.266 e. The molecule has 0 unspecified atom stereocenters. The molecule has 3 aromatic carbocycles. The van der Waals surface area contributed by atoms with E-state index >= 15 is 0 Å². The van der Waals surface area contributed by atoms with Crippen molar-refractivity contribution in [3.8, 4) is 17.2 Å². The highest BCUT2D eigenvalue weighted by Gasteiger charge is 2.11. The first-order valence-corrected chi connectivity index (χ1v) is 9.30. The number of halogens is 1. The van der Waals surface area contributed by atoms with Gasteiger partial charge in [-0.2, -0.15) is 0 Å². The van der Waals surface area contributed by atoms with Crippen LogP contribution in [0.2, 0.25) is 0 Å². The van der Waals surface area contributed by atoms with Crippen LogP contribution in [0.3, 0.4) is 0 Å². The van der Waals surface area contributed by atoms with Crippen LogP contribution in [0.5, 0.6) is 11.5 Å². The fourth-order valence-corrected chi connectivity index (χ4v) is 3.35. The lowest BCUT2D eigenvalue weighted by Crippen LogP contribution is -2.22. The van der Waals surface area contributed by atoms with Gasteiger partial charge < -0.3 is 10.2 Å². The number of hydrogen-bond acceptors (Lipinski definition) is 4. The maximum atomic E-state index is 13.1. The highest BCUT2D eigenvalue weighted by Crippen LogP contribution is 2.24. The number of rotatable bonds is 3. The average Bonchev–Trinajstić information content (AvgIpc) is 2.69. The molecule has 2 N–H and O–H groups in total. The predicted molar refractivity (Wildman–Crippen MR) is 114 cm³/mol. The second-order valence-electron chi connectivity index (χ2n) is 6.18. The molecule has 5 nitrogen and oxygen atoms in total. The number of aromatic nitrogens is 2. The molecule has 6 heteroatoms. The molecule has 0 aliphatic carbocycles. The quantitative estimate of drug-likeness (QED) is 0.488. The summed E-state index contributed by atoms with van der Waals surface area (Å²) in [5, 5.41) is 20.4. The van der Waals surface area contributed by atoms with Crippen LogP contribution in [0.15, 0.2) is 76.0 Å². The van der Waals surface area contributed by atoms with E-state index in [0.29, 0.717) is 28.0 Å². The third-order valence-electron chi connectivity index (χ3n) is 4.29. The van der Waals surface area contributed by atoms with Crippen molar-refractivity contribution < 1.29 is 10.2 Å². The molecular weight excluding hydrogens is 420 g/mol. The number of hydrogen-bond donors (Lipinski definition) is 2. The average molecular weight is 435 g/mol. The van der Waals surface area contributed by atoms with Crippen LogP contribution in [0, 0.1) is 0 Å². The molecule has 4 rings (SSSR count). The van der Waals surface area contributed by atoms with Crippen LogP contribution >= 0.6 is 15.9 Å². The second-order valence-corrected chi connectivity index (χ2v) is 7.10. The molecule has 0 saturated heterocycles. The van der Waals surface area contributed by atoms with Crippen molar-refractivity contribution in [2.24, 2.45) is 0 Å². The van der Waals surface area contributed by atoms with E-state index in [0.717, 1.165) is 4.47 Å². The number of para-hydroxylation sites is 1. The Balaban J connectivity index is 1.96. The summed E-state index contributed by atoms with van der Waals surface area (Å²) in [7, 11) is 0. The first-order chi connectivity index (χ1) is 13.5. The highest BCUT2D eigenvalue weighted by atomic mass is 79.9. The summed E-state index contributed by atoms with van der Waals surface area (Å²) < 4.78 is 2.26. The summed E-state index contributed by atoms with van der Waals surface area (Å²) in [5.41, 5.74) is 1.41. The predicted octanol–water partition coefficient (Wildman–Crippen LogP) is 4.73. The molecule has 1 aromatic heterocycles. The van der Waals surface area contributed by atoms with Gasteiger partial charge in [-0.15, -0.1) is 0 Å². The monoisotopic (exact) mass is 434 g/mol. The molecule has 4 aromatic rings. The summed E-state index contributed by atoms with van der Waals surface area (Å²) in [4.78, 5) is 17.8. The molecule has 0 atom stereocenters. The van der Waals surface area contributed by atoms with Gasteiger partial charge >= 0.3 is 0 Å². The minimum atomic E-state index is -0.241. The maximum Gasteiger partial charge on any atom is 0.266 e. The van der Waals surface area contributed by atoms with Gasteiger partial charge in [0.05, 0.1) is 16.6 Å². The van der Waals surface area contributed by atoms with E-state index in [1.165, 1.54) is 16.7 Å². The zero-order chi connectivity index (χ0) is 19.7. The Bertz CT molecular complexity index is 1280. The summed E-state index contributed by atoms with van der Waals surface area (Å²) in [6.45, 7) is 0. The zero-order valence-corrected chi connectivity index (χ0v) is 16.2. The molecule has 28 heavy (non-hydrogen) atoms. The van der Waals surface area contributed by atoms with E-state index in [2.05, 4.69) is 20.9 Å². The normalized spacial score (nSPS) is 11.3. The lowest BCUT2D eigenvalue weighted by atomic mass is 10.1. The Kier molecular flexibility index (Phi) is 4.71. The van der Waals surface area contributed by atoms with Crippen LogP contribution in [0.1, 0.15) is 11.4 Å². The molecule has 0 radical (unpaired) electrons. The van der Waals surface area contributed by atoms with Gasteiger partial charge in [-0.25, -0.2) is 4.98 Å². The number of fused-ring (bicyclic) bond motifs is 1. The molecule has 0 spiro atoms. The first kappa shape index (κ1) is 18.0. The number of phenols is 2. The Labute approximate surface area is 169 Å². The summed E-state index contributed by atoms with van der Waals surface area (Å²) in [6.07, 6.45) is 3.36. The largest absolute Gasteiger partial charge is 0.508 e. The van der Waals surface area contributed by atoms with Gasteiger partial charge in [-0.3, -0.25) is 9.36 Å². The Morgan fingerprint density at radius 1 is 0.929 bits per heavy atom. The fourth-order valence-electron chi connectivity index (χ4n) is 2.97. The lowest BCUT2D eigenvalue weighted by Gasteiger charge is -2.12. The van der Waals surface area contributed by atoms with E-state index in [1.54, 1.807) is 60.7 Å². The molecule has 0 aliphatic rings. The van der Waals surface area contributed by atoms with Crippen LogP contribution in [-0.4, -0.2) is 19.8 Å². The Morgan fingerprint density at radius 2 is 1.75 bits per heavy atom. The third-order valence-corrected chi connectivity index (χ3v) is 4.78. The van der Waals surface area contributed by atoms with Crippen molar-refractivity contribution in [3.05, 3.63) is 92.9 Å². The van der Waals surface area contributed by atoms with Gasteiger partial charge in [0.1, 0.15) is 17.3 Å². The fraction of sp³-hybridized carbons (Fsp3) is 0. The number of benzene rings is 3. The van der Waals surface area contributed by atoms with Crippen LogP contribution in [0.4, 0.5) is 0 Å². The zero-order valence-electron chi connectivity index (χ0n) is 14.6. The van der Waals surface area contributed by atoms with Crippen molar-refractivity contribution in [3.63, 3.8) is 0 Å². The lowest BCUT2D eigenvalue weighted by molar-refractivity contribution is 0.474. The SMILES string of the molecule is O=c1c2ccccc2nc(/C=C/c2cc(Br)ccc2O)n1-c1cccc(O)c1. The Hall–Kier alpha value is -3.38. The van der Waals surface area contributed by atoms with Crippen molar-refractivity contribution in [1.29, 1.82) is 0 Å². The van der Waals surface area contributed by atoms with E-state index in [9.17, 15) is 15.0 Å². The minimum Gasteiger partial charge on any atom is -0.508 e. The van der Waals surface area contributed by atoms with E-state index in [-0.39, 0.29) is 17.1 Å². The molecule has 138 valence electrons. The topological polar surface area (TPSA) is 75.3 Å².